The van der Waals surface area contributed by atoms with Gasteiger partial charge in [-0.3, -0.25) is 4.79 Å². The molecule has 0 spiro atoms. The molecule has 5 nitrogen and oxygen atoms in total. The summed E-state index contributed by atoms with van der Waals surface area (Å²) in [6.07, 6.45) is -0.102. The minimum Gasteiger partial charge on any atom is -0.469 e. The van der Waals surface area contributed by atoms with Crippen molar-refractivity contribution in [2.24, 2.45) is 0 Å². The van der Waals surface area contributed by atoms with Crippen LogP contribution in [0.5, 0.6) is 0 Å². The van der Waals surface area contributed by atoms with E-state index in [0.29, 0.717) is 0 Å². The molecule has 0 heterocycles. The Hall–Kier alpha value is -0.243. The maximum absolute atomic E-state index is 12.4. The van der Waals surface area contributed by atoms with Gasteiger partial charge in [0.25, 0.3) is 0 Å². The van der Waals surface area contributed by atoms with Gasteiger partial charge < -0.3 is 9.16 Å². The molecule has 0 bridgehead atoms. The first-order chi connectivity index (χ1) is 10.1. The summed E-state index contributed by atoms with van der Waals surface area (Å²) in [6, 6.07) is -0.350. The number of methoxy groups -OCH3 is 1. The van der Waals surface area contributed by atoms with E-state index in [4.69, 9.17) is 9.16 Å². The predicted molar refractivity (Wildman–Crippen MR) is 99.2 cm³/mol. The van der Waals surface area contributed by atoms with Crippen LogP contribution in [0.2, 0.25) is 18.1 Å². The summed E-state index contributed by atoms with van der Waals surface area (Å²) in [7, 11) is -1.90. The Bertz CT molecular complexity index is 427. The van der Waals surface area contributed by atoms with E-state index in [1.54, 1.807) is 0 Å². The molecule has 7 heteroatoms. The standard InChI is InChI=1S/C16H35NO4SSi/c1-12(21-23(9,10)16(5,6)7)13(11-14(18)20-8)17-22(19)15(2,3)4/h12-13,17H,11H2,1-10H3/t12-,13-,22-/m0/s1. The Morgan fingerprint density at radius 1 is 1.17 bits per heavy atom. The van der Waals surface area contributed by atoms with Gasteiger partial charge in [-0.2, -0.15) is 0 Å². The van der Waals surface area contributed by atoms with E-state index < -0.39 is 24.1 Å². The largest absolute Gasteiger partial charge is 0.469 e. The summed E-state index contributed by atoms with van der Waals surface area (Å²) in [5.74, 6) is -0.334. The number of ether oxygens (including phenoxy) is 1. The molecule has 138 valence electrons. The van der Waals surface area contributed by atoms with Crippen LogP contribution in [0.4, 0.5) is 0 Å². The third kappa shape index (κ3) is 7.45. The summed E-state index contributed by atoms with van der Waals surface area (Å²) >= 11 is 0. The van der Waals surface area contributed by atoms with Gasteiger partial charge in [0.05, 0.1) is 41.4 Å². The molecule has 1 N–H and O–H groups in total. The molecule has 0 unspecified atom stereocenters. The van der Waals surface area contributed by atoms with Crippen molar-refractivity contribution in [1.82, 2.24) is 4.72 Å². The minimum atomic E-state index is -1.98. The number of hydrogen-bond acceptors (Lipinski definition) is 4. The van der Waals surface area contributed by atoms with Crippen LogP contribution >= 0.6 is 0 Å². The quantitative estimate of drug-likeness (QED) is 0.555. The molecule has 0 rings (SSSR count). The van der Waals surface area contributed by atoms with Crippen LogP contribution in [0.3, 0.4) is 0 Å². The normalized spacial score (nSPS) is 17.5. The van der Waals surface area contributed by atoms with E-state index in [0.717, 1.165) is 0 Å². The number of carbonyl (C=O) groups is 1. The topological polar surface area (TPSA) is 64.6 Å². The van der Waals surface area contributed by atoms with Crippen LogP contribution in [-0.4, -0.2) is 42.5 Å². The zero-order valence-electron chi connectivity index (χ0n) is 16.4. The lowest BCUT2D eigenvalue weighted by atomic mass is 10.1. The lowest BCUT2D eigenvalue weighted by Gasteiger charge is -2.40. The van der Waals surface area contributed by atoms with Gasteiger partial charge in [-0.05, 0) is 45.8 Å². The van der Waals surface area contributed by atoms with E-state index >= 15 is 0 Å². The van der Waals surface area contributed by atoms with Gasteiger partial charge in [0.15, 0.2) is 8.32 Å². The van der Waals surface area contributed by atoms with Gasteiger partial charge in [-0.15, -0.1) is 0 Å². The number of carbonyl (C=O) groups excluding carboxylic acids is 1. The molecule has 0 radical (unpaired) electrons. The molecule has 0 fully saturated rings. The van der Waals surface area contributed by atoms with Crippen molar-refractivity contribution in [1.29, 1.82) is 0 Å². The summed E-state index contributed by atoms with van der Waals surface area (Å²) in [5.41, 5.74) is 0. The Balaban J connectivity index is 5.20. The lowest BCUT2D eigenvalue weighted by Crippen LogP contribution is -2.52. The van der Waals surface area contributed by atoms with Crippen LogP contribution in [0, 0.1) is 0 Å². The number of hydrogen-bond donors (Lipinski definition) is 1. The SMILES string of the molecule is COC(=O)C[C@H](N[S@@](=O)C(C)(C)C)[C@H](C)O[Si](C)(C)C(C)(C)C. The molecule has 3 atom stereocenters. The van der Waals surface area contributed by atoms with Gasteiger partial charge in [0, 0.05) is 0 Å². The summed E-state index contributed by atoms with van der Waals surface area (Å²) < 4.78 is 26.2. The maximum Gasteiger partial charge on any atom is 0.307 e. The maximum atomic E-state index is 12.4. The van der Waals surface area contributed by atoms with Gasteiger partial charge >= 0.3 is 5.97 Å². The highest BCUT2D eigenvalue weighted by Gasteiger charge is 2.40. The minimum absolute atomic E-state index is 0.0697. The van der Waals surface area contributed by atoms with Crippen molar-refractivity contribution in [3.8, 4) is 0 Å². The summed E-state index contributed by atoms with van der Waals surface area (Å²) in [6.45, 7) is 18.5. The second-order valence-electron chi connectivity index (χ2n) is 8.47. The van der Waals surface area contributed by atoms with Gasteiger partial charge in [-0.25, -0.2) is 8.93 Å². The first-order valence-electron chi connectivity index (χ1n) is 8.04. The predicted octanol–water partition coefficient (Wildman–Crippen LogP) is 3.38. The fraction of sp³-hybridized carbons (Fsp3) is 0.938. The highest BCUT2D eigenvalue weighted by atomic mass is 32.2. The summed E-state index contributed by atoms with van der Waals surface area (Å²) in [5, 5.41) is 0.0697. The second kappa shape index (κ2) is 8.23. The lowest BCUT2D eigenvalue weighted by molar-refractivity contribution is -0.141. The molecule has 0 aromatic carbocycles. The highest BCUT2D eigenvalue weighted by Crippen LogP contribution is 2.37. The fourth-order valence-electron chi connectivity index (χ4n) is 1.60. The van der Waals surface area contributed by atoms with E-state index in [2.05, 4.69) is 38.6 Å². The third-order valence-electron chi connectivity index (χ3n) is 4.28. The summed E-state index contributed by atoms with van der Waals surface area (Å²) in [4.78, 5) is 11.7. The third-order valence-corrected chi connectivity index (χ3v) is 10.5. The number of rotatable bonds is 7. The van der Waals surface area contributed by atoms with Crippen molar-refractivity contribution in [2.75, 3.05) is 7.11 Å². The molecule has 0 amide bonds. The van der Waals surface area contributed by atoms with E-state index in [1.165, 1.54) is 7.11 Å². The molecule has 0 saturated carbocycles. The van der Waals surface area contributed by atoms with Crippen molar-refractivity contribution < 1.29 is 18.2 Å². The zero-order valence-corrected chi connectivity index (χ0v) is 18.2. The van der Waals surface area contributed by atoms with Crippen molar-refractivity contribution in [3.63, 3.8) is 0 Å². The van der Waals surface area contributed by atoms with E-state index in [1.807, 2.05) is 27.7 Å². The molecule has 23 heavy (non-hydrogen) atoms. The molecule has 0 aliphatic carbocycles. The molecule has 0 aromatic heterocycles. The fourth-order valence-corrected chi connectivity index (χ4v) is 3.96. The Kier molecular flexibility index (Phi) is 8.14. The number of esters is 1. The highest BCUT2D eigenvalue weighted by molar-refractivity contribution is 7.84. The molecule has 0 aromatic rings. The smallest absolute Gasteiger partial charge is 0.307 e. The molecule has 0 aliphatic heterocycles. The first-order valence-corrected chi connectivity index (χ1v) is 12.1. The van der Waals surface area contributed by atoms with Crippen molar-refractivity contribution >= 4 is 25.3 Å². The first kappa shape index (κ1) is 22.8. The van der Waals surface area contributed by atoms with Crippen LogP contribution in [0.25, 0.3) is 0 Å². The average molecular weight is 366 g/mol. The number of nitrogens with one attached hydrogen (secondary N) is 1. The van der Waals surface area contributed by atoms with Crippen LogP contribution in [-0.2, 0) is 24.9 Å². The van der Waals surface area contributed by atoms with Crippen LogP contribution in [0.1, 0.15) is 54.9 Å². The van der Waals surface area contributed by atoms with Gasteiger partial charge in [0.1, 0.15) is 0 Å². The monoisotopic (exact) mass is 365 g/mol. The van der Waals surface area contributed by atoms with Gasteiger partial charge in [0.2, 0.25) is 0 Å². The van der Waals surface area contributed by atoms with Crippen LogP contribution < -0.4 is 4.72 Å². The van der Waals surface area contributed by atoms with Crippen LogP contribution in [0.15, 0.2) is 0 Å². The Labute approximate surface area is 145 Å². The average Bonchev–Trinajstić information content (AvgIpc) is 2.34. The van der Waals surface area contributed by atoms with Gasteiger partial charge in [-0.1, -0.05) is 20.8 Å². The molecule has 0 saturated heterocycles. The Morgan fingerprint density at radius 3 is 2.00 bits per heavy atom. The van der Waals surface area contributed by atoms with E-state index in [-0.39, 0.29) is 29.6 Å². The van der Waals surface area contributed by atoms with Crippen molar-refractivity contribution in [3.05, 3.63) is 0 Å². The van der Waals surface area contributed by atoms with Crippen molar-refractivity contribution in [2.45, 2.75) is 89.9 Å². The second-order valence-corrected chi connectivity index (χ2v) is 15.2. The Morgan fingerprint density at radius 2 is 1.65 bits per heavy atom. The molecular formula is C16H35NO4SSi. The van der Waals surface area contributed by atoms with E-state index in [9.17, 15) is 9.00 Å². The zero-order chi connectivity index (χ0) is 18.6. The molecular weight excluding hydrogens is 330 g/mol. The molecule has 0 aliphatic rings.